The first-order valence-electron chi connectivity index (χ1n) is 9.99. The second kappa shape index (κ2) is 8.73. The van der Waals surface area contributed by atoms with Crippen LogP contribution in [0.4, 0.5) is 13.2 Å². The number of benzene rings is 2. The predicted molar refractivity (Wildman–Crippen MR) is 103 cm³/mol. The van der Waals surface area contributed by atoms with E-state index in [2.05, 4.69) is 11.0 Å². The molecule has 2 heterocycles. The molecule has 0 spiro atoms. The summed E-state index contributed by atoms with van der Waals surface area (Å²) in [6, 6.07) is 7.81. The van der Waals surface area contributed by atoms with Gasteiger partial charge in [-0.25, -0.2) is 13.2 Å². The lowest BCUT2D eigenvalue weighted by Gasteiger charge is -2.29. The second-order valence-electron chi connectivity index (χ2n) is 7.83. The van der Waals surface area contributed by atoms with Gasteiger partial charge in [0.25, 0.3) is 0 Å². The van der Waals surface area contributed by atoms with Crippen molar-refractivity contribution in [1.29, 1.82) is 0 Å². The van der Waals surface area contributed by atoms with E-state index in [9.17, 15) is 18.3 Å². The molecule has 1 fully saturated rings. The summed E-state index contributed by atoms with van der Waals surface area (Å²) in [7, 11) is 0. The van der Waals surface area contributed by atoms with Crippen LogP contribution >= 0.6 is 0 Å². The van der Waals surface area contributed by atoms with Crippen LogP contribution in [-0.4, -0.2) is 47.3 Å². The Kier molecular flexibility index (Phi) is 6.08. The molecule has 4 rings (SSSR count). The van der Waals surface area contributed by atoms with Crippen LogP contribution in [0.15, 0.2) is 30.3 Å². The number of rotatable bonds is 4. The second-order valence-corrected chi connectivity index (χ2v) is 7.83. The fourth-order valence-corrected chi connectivity index (χ4v) is 4.01. The summed E-state index contributed by atoms with van der Waals surface area (Å²) in [5, 5.41) is 9.66. The van der Waals surface area contributed by atoms with E-state index in [1.807, 2.05) is 17.0 Å². The SMILES string of the molecule is OC1CCN(Cc2ccc3c(c2)CN(Cc2c(F)ccc(F)c2F)CCO3)CC1. The molecule has 4 nitrogen and oxygen atoms in total. The number of hydrogen-bond donors (Lipinski definition) is 1. The molecule has 1 saturated heterocycles. The summed E-state index contributed by atoms with van der Waals surface area (Å²) >= 11 is 0. The lowest BCUT2D eigenvalue weighted by atomic mass is 10.0. The number of halogens is 3. The standard InChI is InChI=1S/C22H25F3N2O2/c23-19-2-3-20(24)22(25)18(19)14-27-9-10-29-21-4-1-15(11-16(21)13-27)12-26-7-5-17(28)6-8-26/h1-4,11,17,28H,5-10,12-14H2. The Morgan fingerprint density at radius 3 is 2.48 bits per heavy atom. The fourth-order valence-electron chi connectivity index (χ4n) is 4.01. The van der Waals surface area contributed by atoms with Crippen molar-refractivity contribution >= 4 is 0 Å². The summed E-state index contributed by atoms with van der Waals surface area (Å²) < 4.78 is 47.5. The quantitative estimate of drug-likeness (QED) is 0.789. The summed E-state index contributed by atoms with van der Waals surface area (Å²) in [5.74, 6) is -2.14. The van der Waals surface area contributed by atoms with Crippen LogP contribution in [0.25, 0.3) is 0 Å². The summed E-state index contributed by atoms with van der Waals surface area (Å²) in [5.41, 5.74) is 1.83. The number of ether oxygens (including phenoxy) is 1. The summed E-state index contributed by atoms with van der Waals surface area (Å²) in [6.45, 7) is 3.84. The number of aliphatic hydroxyl groups is 1. The normalized spacial score (nSPS) is 18.9. The first-order chi connectivity index (χ1) is 14.0. The highest BCUT2D eigenvalue weighted by Gasteiger charge is 2.22. The van der Waals surface area contributed by atoms with Crippen molar-refractivity contribution in [1.82, 2.24) is 9.80 Å². The van der Waals surface area contributed by atoms with Crippen LogP contribution in [0.3, 0.4) is 0 Å². The highest BCUT2D eigenvalue weighted by molar-refractivity contribution is 5.38. The Hall–Kier alpha value is -2.09. The van der Waals surface area contributed by atoms with Crippen molar-refractivity contribution in [2.45, 2.75) is 38.6 Å². The molecular formula is C22H25F3N2O2. The van der Waals surface area contributed by atoms with Crippen molar-refractivity contribution in [3.05, 3.63) is 64.5 Å². The zero-order valence-corrected chi connectivity index (χ0v) is 16.2. The van der Waals surface area contributed by atoms with E-state index in [0.717, 1.165) is 61.5 Å². The maximum Gasteiger partial charge on any atom is 0.166 e. The molecule has 2 aliphatic rings. The van der Waals surface area contributed by atoms with E-state index in [4.69, 9.17) is 4.74 Å². The van der Waals surface area contributed by atoms with Crippen molar-refractivity contribution in [2.24, 2.45) is 0 Å². The number of aliphatic hydroxyl groups excluding tert-OH is 1. The Morgan fingerprint density at radius 2 is 1.69 bits per heavy atom. The molecule has 156 valence electrons. The summed E-state index contributed by atoms with van der Waals surface area (Å²) in [4.78, 5) is 4.18. The zero-order chi connectivity index (χ0) is 20.4. The van der Waals surface area contributed by atoms with E-state index < -0.39 is 17.5 Å². The Bertz CT molecular complexity index is 869. The van der Waals surface area contributed by atoms with Crippen molar-refractivity contribution in [3.63, 3.8) is 0 Å². The maximum absolute atomic E-state index is 14.1. The third kappa shape index (κ3) is 4.74. The number of piperidine rings is 1. The lowest BCUT2D eigenvalue weighted by molar-refractivity contribution is 0.0792. The molecule has 0 amide bonds. The van der Waals surface area contributed by atoms with Gasteiger partial charge in [-0.05, 0) is 42.7 Å². The Morgan fingerprint density at radius 1 is 0.931 bits per heavy atom. The van der Waals surface area contributed by atoms with Crippen LogP contribution < -0.4 is 4.74 Å². The van der Waals surface area contributed by atoms with Gasteiger partial charge in [-0.3, -0.25) is 9.80 Å². The molecule has 2 aliphatic heterocycles. The van der Waals surface area contributed by atoms with Crippen molar-refractivity contribution in [3.8, 4) is 5.75 Å². The van der Waals surface area contributed by atoms with Gasteiger partial charge in [-0.15, -0.1) is 0 Å². The van der Waals surface area contributed by atoms with E-state index in [0.29, 0.717) is 19.7 Å². The van der Waals surface area contributed by atoms with Crippen molar-refractivity contribution in [2.75, 3.05) is 26.2 Å². The van der Waals surface area contributed by atoms with Crippen LogP contribution in [-0.2, 0) is 19.6 Å². The van der Waals surface area contributed by atoms with Gasteiger partial charge in [0.1, 0.15) is 18.2 Å². The van der Waals surface area contributed by atoms with E-state index >= 15 is 0 Å². The van der Waals surface area contributed by atoms with Crippen LogP contribution in [0.1, 0.15) is 29.5 Å². The first-order valence-corrected chi connectivity index (χ1v) is 9.99. The fraction of sp³-hybridized carbons (Fsp3) is 0.455. The molecule has 29 heavy (non-hydrogen) atoms. The largest absolute Gasteiger partial charge is 0.492 e. The molecule has 1 N–H and O–H groups in total. The van der Waals surface area contributed by atoms with E-state index in [1.165, 1.54) is 0 Å². The number of likely N-dealkylation sites (tertiary alicyclic amines) is 1. The molecule has 0 aromatic heterocycles. The third-order valence-electron chi connectivity index (χ3n) is 5.67. The van der Waals surface area contributed by atoms with E-state index in [-0.39, 0.29) is 18.2 Å². The predicted octanol–water partition coefficient (Wildman–Crippen LogP) is 3.46. The van der Waals surface area contributed by atoms with Gasteiger partial charge in [0.15, 0.2) is 11.6 Å². The average Bonchev–Trinajstić information content (AvgIpc) is 2.91. The zero-order valence-electron chi connectivity index (χ0n) is 16.2. The molecule has 0 aliphatic carbocycles. The molecular weight excluding hydrogens is 381 g/mol. The molecule has 0 unspecified atom stereocenters. The van der Waals surface area contributed by atoms with Crippen LogP contribution in [0.2, 0.25) is 0 Å². The van der Waals surface area contributed by atoms with Gasteiger partial charge in [-0.2, -0.15) is 0 Å². The molecule has 0 atom stereocenters. The van der Waals surface area contributed by atoms with Crippen molar-refractivity contribution < 1.29 is 23.0 Å². The Labute approximate surface area is 168 Å². The number of fused-ring (bicyclic) bond motifs is 1. The van der Waals surface area contributed by atoms with Crippen LogP contribution in [0, 0.1) is 17.5 Å². The molecule has 0 radical (unpaired) electrons. The van der Waals surface area contributed by atoms with Gasteiger partial charge in [0, 0.05) is 50.4 Å². The average molecular weight is 406 g/mol. The van der Waals surface area contributed by atoms with Gasteiger partial charge in [0.05, 0.1) is 6.10 Å². The summed E-state index contributed by atoms with van der Waals surface area (Å²) in [6.07, 6.45) is 1.36. The van der Waals surface area contributed by atoms with Gasteiger partial charge in [-0.1, -0.05) is 6.07 Å². The highest BCUT2D eigenvalue weighted by atomic mass is 19.2. The first kappa shape index (κ1) is 20.2. The minimum absolute atomic E-state index is 0.0214. The molecule has 0 bridgehead atoms. The number of nitrogens with zero attached hydrogens (tertiary/aromatic N) is 2. The Balaban J connectivity index is 1.48. The number of hydrogen-bond acceptors (Lipinski definition) is 4. The molecule has 0 saturated carbocycles. The van der Waals surface area contributed by atoms with Crippen LogP contribution in [0.5, 0.6) is 5.75 Å². The molecule has 2 aromatic rings. The molecule has 2 aromatic carbocycles. The van der Waals surface area contributed by atoms with Gasteiger partial charge >= 0.3 is 0 Å². The minimum Gasteiger partial charge on any atom is -0.492 e. The topological polar surface area (TPSA) is 35.9 Å². The minimum atomic E-state index is -1.13. The van der Waals surface area contributed by atoms with Gasteiger partial charge < -0.3 is 9.84 Å². The monoisotopic (exact) mass is 406 g/mol. The third-order valence-corrected chi connectivity index (χ3v) is 5.67. The maximum atomic E-state index is 14.1. The van der Waals surface area contributed by atoms with Gasteiger partial charge in [0.2, 0.25) is 0 Å². The van der Waals surface area contributed by atoms with E-state index in [1.54, 1.807) is 0 Å². The highest BCUT2D eigenvalue weighted by Crippen LogP contribution is 2.27. The lowest BCUT2D eigenvalue weighted by Crippen LogP contribution is -2.35. The smallest absolute Gasteiger partial charge is 0.166 e. The molecule has 7 heteroatoms.